The van der Waals surface area contributed by atoms with Crippen LogP contribution in [-0.4, -0.2) is 5.78 Å². The highest BCUT2D eigenvalue weighted by molar-refractivity contribution is 7.17. The first-order valence-corrected chi connectivity index (χ1v) is 7.64. The van der Waals surface area contributed by atoms with Crippen molar-refractivity contribution in [2.24, 2.45) is 0 Å². The number of carbonyl (C=O) groups is 1. The lowest BCUT2D eigenvalue weighted by Gasteiger charge is -1.90. The molecule has 1 aromatic carbocycles. The van der Waals surface area contributed by atoms with Gasteiger partial charge in [-0.05, 0) is 13.0 Å². The van der Waals surface area contributed by atoms with Crippen LogP contribution in [0.2, 0.25) is 0 Å². The normalized spacial score (nSPS) is 7.94. The second kappa shape index (κ2) is 12.3. The van der Waals surface area contributed by atoms with Crippen molar-refractivity contribution in [1.82, 2.24) is 0 Å². The van der Waals surface area contributed by atoms with Gasteiger partial charge in [-0.1, -0.05) is 59.7 Å². The van der Waals surface area contributed by atoms with Crippen LogP contribution in [0.5, 0.6) is 0 Å². The predicted molar refractivity (Wildman–Crippen MR) is 85.9 cm³/mol. The van der Waals surface area contributed by atoms with Crippen molar-refractivity contribution in [3.63, 3.8) is 0 Å². The van der Waals surface area contributed by atoms with Crippen LogP contribution >= 0.6 is 11.3 Å². The molecule has 0 N–H and O–H groups in total. The molecule has 0 aliphatic carbocycles. The highest BCUT2D eigenvalue weighted by Crippen LogP contribution is 2.25. The second-order valence-electron chi connectivity index (χ2n) is 2.70. The molecule has 0 radical (unpaired) electrons. The van der Waals surface area contributed by atoms with E-state index in [9.17, 15) is 4.79 Å². The van der Waals surface area contributed by atoms with Crippen LogP contribution < -0.4 is 0 Å². The van der Waals surface area contributed by atoms with E-state index in [4.69, 9.17) is 0 Å². The second-order valence-corrected chi connectivity index (χ2v) is 3.61. The third-order valence-corrected chi connectivity index (χ3v) is 2.82. The van der Waals surface area contributed by atoms with Gasteiger partial charge in [-0.2, -0.15) is 0 Å². The minimum absolute atomic E-state index is 0.146. The maximum Gasteiger partial charge on any atom is 0.161 e. The Kier molecular flexibility index (Phi) is 13.1. The summed E-state index contributed by atoms with van der Waals surface area (Å²) in [6, 6.07) is 7.97. The Balaban J connectivity index is 0. The quantitative estimate of drug-likeness (QED) is 0.563. The van der Waals surface area contributed by atoms with E-state index in [1.165, 1.54) is 4.70 Å². The van der Waals surface area contributed by atoms with E-state index in [1.54, 1.807) is 18.3 Å². The molecule has 0 unspecified atom stereocenters. The Bertz CT molecular complexity index is 429. The fraction of sp³-hybridized carbons (Fsp3) is 0.438. The van der Waals surface area contributed by atoms with Gasteiger partial charge in [0.1, 0.15) is 0 Å². The number of thiophene rings is 1. The number of Topliss-reactive ketones (excluding diaryl/α,β-unsaturated/α-hetero) is 1. The van der Waals surface area contributed by atoms with Gasteiger partial charge >= 0.3 is 0 Å². The summed E-state index contributed by atoms with van der Waals surface area (Å²) >= 11 is 1.62. The molecule has 1 heterocycles. The summed E-state index contributed by atoms with van der Waals surface area (Å²) in [5.41, 5.74) is 0.843. The smallest absolute Gasteiger partial charge is 0.161 e. The molecular formula is C16H26OS. The SMILES string of the molecule is CC.CC.CC.CC(=O)c1csc2ccccc12. The first-order valence-electron chi connectivity index (χ1n) is 6.76. The first-order chi connectivity index (χ1) is 8.79. The number of rotatable bonds is 1. The highest BCUT2D eigenvalue weighted by Gasteiger charge is 2.05. The first kappa shape index (κ1) is 19.2. The minimum atomic E-state index is 0.146. The molecule has 0 saturated heterocycles. The monoisotopic (exact) mass is 266 g/mol. The zero-order valence-electron chi connectivity index (χ0n) is 12.7. The predicted octanol–water partition coefficient (Wildman–Crippen LogP) is 6.18. The third kappa shape index (κ3) is 5.46. The number of carbonyl (C=O) groups excluding carboxylic acids is 1. The lowest BCUT2D eigenvalue weighted by molar-refractivity contribution is 0.101. The van der Waals surface area contributed by atoms with Crippen molar-refractivity contribution in [2.45, 2.75) is 48.5 Å². The van der Waals surface area contributed by atoms with E-state index in [1.807, 2.05) is 71.2 Å². The summed E-state index contributed by atoms with van der Waals surface area (Å²) in [7, 11) is 0. The van der Waals surface area contributed by atoms with Crippen molar-refractivity contribution < 1.29 is 4.79 Å². The summed E-state index contributed by atoms with van der Waals surface area (Å²) in [6.45, 7) is 13.6. The van der Waals surface area contributed by atoms with E-state index in [0.29, 0.717) is 0 Å². The highest BCUT2D eigenvalue weighted by atomic mass is 32.1. The Morgan fingerprint density at radius 3 is 1.94 bits per heavy atom. The number of hydrogen-bond donors (Lipinski definition) is 0. The average molecular weight is 266 g/mol. The summed E-state index contributed by atoms with van der Waals surface area (Å²) in [6.07, 6.45) is 0. The Morgan fingerprint density at radius 1 is 0.944 bits per heavy atom. The van der Waals surface area contributed by atoms with Crippen molar-refractivity contribution >= 4 is 27.2 Å². The van der Waals surface area contributed by atoms with Crippen molar-refractivity contribution in [2.75, 3.05) is 0 Å². The van der Waals surface area contributed by atoms with Crippen LogP contribution in [0, 0.1) is 0 Å². The zero-order chi connectivity index (χ0) is 14.6. The fourth-order valence-electron chi connectivity index (χ4n) is 1.25. The topological polar surface area (TPSA) is 17.1 Å². The Hall–Kier alpha value is -1.15. The molecule has 102 valence electrons. The largest absolute Gasteiger partial charge is 0.294 e. The van der Waals surface area contributed by atoms with Crippen molar-refractivity contribution in [1.29, 1.82) is 0 Å². The van der Waals surface area contributed by atoms with Crippen LogP contribution in [0.4, 0.5) is 0 Å². The van der Waals surface area contributed by atoms with Gasteiger partial charge < -0.3 is 0 Å². The van der Waals surface area contributed by atoms with Gasteiger partial charge in [0.2, 0.25) is 0 Å². The molecule has 0 bridgehead atoms. The molecule has 1 aromatic heterocycles. The lowest BCUT2D eigenvalue weighted by Crippen LogP contribution is -1.87. The van der Waals surface area contributed by atoms with Crippen LogP contribution in [0.15, 0.2) is 29.6 Å². The number of hydrogen-bond acceptors (Lipinski definition) is 2. The average Bonchev–Trinajstić information content (AvgIpc) is 2.89. The molecule has 0 aliphatic heterocycles. The maximum absolute atomic E-state index is 11.1. The molecule has 0 amide bonds. The summed E-state index contributed by atoms with van der Waals surface area (Å²) in [4.78, 5) is 11.1. The molecule has 1 nitrogen and oxygen atoms in total. The summed E-state index contributed by atoms with van der Waals surface area (Å²) < 4.78 is 1.18. The molecule has 18 heavy (non-hydrogen) atoms. The number of ketones is 1. The molecule has 2 heteroatoms. The van der Waals surface area contributed by atoms with Gasteiger partial charge in [0, 0.05) is 21.0 Å². The fourth-order valence-corrected chi connectivity index (χ4v) is 2.25. The molecular weight excluding hydrogens is 240 g/mol. The van der Waals surface area contributed by atoms with Gasteiger partial charge in [-0.15, -0.1) is 11.3 Å². The molecule has 2 rings (SSSR count). The van der Waals surface area contributed by atoms with Gasteiger partial charge in [0.15, 0.2) is 5.78 Å². The third-order valence-electron chi connectivity index (χ3n) is 1.86. The maximum atomic E-state index is 11.1. The van der Waals surface area contributed by atoms with E-state index < -0.39 is 0 Å². The summed E-state index contributed by atoms with van der Waals surface area (Å²) in [5.74, 6) is 0.146. The number of fused-ring (bicyclic) bond motifs is 1. The lowest BCUT2D eigenvalue weighted by atomic mass is 10.1. The Morgan fingerprint density at radius 2 is 1.44 bits per heavy atom. The van der Waals surface area contributed by atoms with Crippen LogP contribution in [-0.2, 0) is 0 Å². The van der Waals surface area contributed by atoms with Crippen LogP contribution in [0.1, 0.15) is 58.8 Å². The molecule has 0 saturated carbocycles. The van der Waals surface area contributed by atoms with Gasteiger partial charge in [-0.25, -0.2) is 0 Å². The zero-order valence-corrected chi connectivity index (χ0v) is 13.5. The van der Waals surface area contributed by atoms with E-state index >= 15 is 0 Å². The van der Waals surface area contributed by atoms with Crippen LogP contribution in [0.3, 0.4) is 0 Å². The van der Waals surface area contributed by atoms with E-state index in [2.05, 4.69) is 0 Å². The van der Waals surface area contributed by atoms with Crippen molar-refractivity contribution in [3.8, 4) is 0 Å². The van der Waals surface area contributed by atoms with E-state index in [-0.39, 0.29) is 5.78 Å². The van der Waals surface area contributed by atoms with Crippen LogP contribution in [0.25, 0.3) is 10.1 Å². The molecule has 0 atom stereocenters. The molecule has 0 spiro atoms. The number of benzene rings is 1. The summed E-state index contributed by atoms with van der Waals surface area (Å²) in [5, 5.41) is 3.00. The van der Waals surface area contributed by atoms with Gasteiger partial charge in [0.25, 0.3) is 0 Å². The molecule has 0 fully saturated rings. The van der Waals surface area contributed by atoms with Crippen molar-refractivity contribution in [3.05, 3.63) is 35.2 Å². The Labute approximate surface area is 116 Å². The molecule has 2 aromatic rings. The van der Waals surface area contributed by atoms with Gasteiger partial charge in [0.05, 0.1) is 0 Å². The van der Waals surface area contributed by atoms with E-state index in [0.717, 1.165) is 10.9 Å². The van der Waals surface area contributed by atoms with Gasteiger partial charge in [-0.3, -0.25) is 4.79 Å². The molecule has 0 aliphatic rings. The standard InChI is InChI=1S/C10H8OS.3C2H6/c1-7(11)9-6-12-10-5-3-2-4-8(9)10;3*1-2/h2-6H,1H3;3*1-2H3. The minimum Gasteiger partial charge on any atom is -0.294 e.